The van der Waals surface area contributed by atoms with Crippen LogP contribution in [-0.4, -0.2) is 21.8 Å². The van der Waals surface area contributed by atoms with Crippen LogP contribution >= 0.6 is 0 Å². The molecule has 2 unspecified atom stereocenters. The van der Waals surface area contributed by atoms with Crippen molar-refractivity contribution in [1.82, 2.24) is 0 Å². The molecule has 2 atom stereocenters. The van der Waals surface area contributed by atoms with Crippen LogP contribution in [0.5, 0.6) is 0 Å². The fourth-order valence-corrected chi connectivity index (χ4v) is 1.91. The van der Waals surface area contributed by atoms with E-state index >= 15 is 0 Å². The molecule has 0 aliphatic heterocycles. The Kier molecular flexibility index (Phi) is 6.87. The average molecular weight is 177 g/mol. The highest BCUT2D eigenvalue weighted by Crippen LogP contribution is 2.00. The predicted molar refractivity (Wildman–Crippen MR) is 51.1 cm³/mol. The molecule has 0 aliphatic rings. The maximum atomic E-state index is 11.3. The topological polar surface area (TPSA) is 43.1 Å². The molecule has 0 heterocycles. The molecular formula is C8H19NOS. The molecule has 2 N–H and O–H groups in total. The summed E-state index contributed by atoms with van der Waals surface area (Å²) in [7, 11) is -0.691. The molecule has 0 aromatic heterocycles. The van der Waals surface area contributed by atoms with E-state index in [0.717, 1.165) is 12.2 Å². The van der Waals surface area contributed by atoms with Gasteiger partial charge in [-0.1, -0.05) is 19.8 Å². The summed E-state index contributed by atoms with van der Waals surface area (Å²) in [5.41, 5.74) is 5.38. The van der Waals surface area contributed by atoms with Gasteiger partial charge in [0.15, 0.2) is 0 Å². The minimum Gasteiger partial charge on any atom is -0.329 e. The lowest BCUT2D eigenvalue weighted by Gasteiger charge is -2.07. The first-order chi connectivity index (χ1) is 5.22. The van der Waals surface area contributed by atoms with Crippen molar-refractivity contribution in [3.63, 3.8) is 0 Å². The summed E-state index contributed by atoms with van der Waals surface area (Å²) in [5.74, 6) is 0.826. The van der Waals surface area contributed by atoms with Crippen LogP contribution in [0.3, 0.4) is 0 Å². The molecular weight excluding hydrogens is 158 g/mol. The standard InChI is InChI=1S/C8H19NOS/c1-3-4-5-6-11(10)8(2)7-9/h8H,3-7,9H2,1-2H3. The summed E-state index contributed by atoms with van der Waals surface area (Å²) in [4.78, 5) is 0. The SMILES string of the molecule is CCCCCS(=O)C(C)CN. The summed E-state index contributed by atoms with van der Waals surface area (Å²) in [6.45, 7) is 4.63. The number of hydrogen-bond donors (Lipinski definition) is 1. The third-order valence-electron chi connectivity index (χ3n) is 1.73. The van der Waals surface area contributed by atoms with E-state index < -0.39 is 10.8 Å². The molecule has 0 fully saturated rings. The molecule has 2 nitrogen and oxygen atoms in total. The molecule has 0 saturated carbocycles. The highest BCUT2D eigenvalue weighted by molar-refractivity contribution is 7.85. The number of rotatable bonds is 6. The second-order valence-electron chi connectivity index (χ2n) is 2.84. The zero-order valence-electron chi connectivity index (χ0n) is 7.51. The Hall–Kier alpha value is 0.110. The molecule has 11 heavy (non-hydrogen) atoms. The summed E-state index contributed by atoms with van der Waals surface area (Å²) >= 11 is 0. The van der Waals surface area contributed by atoms with Crippen LogP contribution < -0.4 is 5.73 Å². The zero-order valence-corrected chi connectivity index (χ0v) is 8.32. The van der Waals surface area contributed by atoms with Crippen molar-refractivity contribution in [2.75, 3.05) is 12.3 Å². The lowest BCUT2D eigenvalue weighted by atomic mass is 10.3. The van der Waals surface area contributed by atoms with Crippen molar-refractivity contribution in [3.8, 4) is 0 Å². The summed E-state index contributed by atoms with van der Waals surface area (Å²) in [5, 5.41) is 0.173. The third-order valence-corrected chi connectivity index (χ3v) is 3.51. The van der Waals surface area contributed by atoms with Crippen LogP contribution in [0.15, 0.2) is 0 Å². The van der Waals surface area contributed by atoms with Gasteiger partial charge in [-0.2, -0.15) is 0 Å². The van der Waals surface area contributed by atoms with Gasteiger partial charge in [-0.05, 0) is 13.3 Å². The van der Waals surface area contributed by atoms with E-state index in [1.165, 1.54) is 12.8 Å². The summed E-state index contributed by atoms with van der Waals surface area (Å²) in [6.07, 6.45) is 3.45. The monoisotopic (exact) mass is 177 g/mol. The molecule has 0 aromatic rings. The first kappa shape index (κ1) is 11.1. The lowest BCUT2D eigenvalue weighted by molar-refractivity contribution is 0.666. The fraction of sp³-hybridized carbons (Fsp3) is 1.00. The van der Waals surface area contributed by atoms with Crippen LogP contribution in [0, 0.1) is 0 Å². The van der Waals surface area contributed by atoms with Crippen molar-refractivity contribution >= 4 is 10.8 Å². The van der Waals surface area contributed by atoms with Crippen molar-refractivity contribution in [2.24, 2.45) is 5.73 Å². The highest BCUT2D eigenvalue weighted by Gasteiger charge is 2.07. The Morgan fingerprint density at radius 1 is 1.45 bits per heavy atom. The van der Waals surface area contributed by atoms with Gasteiger partial charge >= 0.3 is 0 Å². The van der Waals surface area contributed by atoms with Gasteiger partial charge in [-0.3, -0.25) is 4.21 Å². The average Bonchev–Trinajstić information content (AvgIpc) is 2.03. The summed E-state index contributed by atoms with van der Waals surface area (Å²) in [6, 6.07) is 0. The Labute approximate surface area is 72.0 Å². The maximum Gasteiger partial charge on any atom is 0.0442 e. The van der Waals surface area contributed by atoms with Crippen molar-refractivity contribution in [1.29, 1.82) is 0 Å². The lowest BCUT2D eigenvalue weighted by Crippen LogP contribution is -2.23. The van der Waals surface area contributed by atoms with Crippen molar-refractivity contribution in [3.05, 3.63) is 0 Å². The molecule has 3 heteroatoms. The van der Waals surface area contributed by atoms with E-state index in [1.807, 2.05) is 6.92 Å². The maximum absolute atomic E-state index is 11.3. The van der Waals surface area contributed by atoms with Crippen LogP contribution in [0.25, 0.3) is 0 Å². The highest BCUT2D eigenvalue weighted by atomic mass is 32.2. The summed E-state index contributed by atoms with van der Waals surface area (Å²) < 4.78 is 11.3. The largest absolute Gasteiger partial charge is 0.329 e. The zero-order chi connectivity index (χ0) is 8.69. The van der Waals surface area contributed by atoms with Gasteiger partial charge in [0, 0.05) is 28.3 Å². The van der Waals surface area contributed by atoms with Crippen LogP contribution in [0.1, 0.15) is 33.1 Å². The number of nitrogens with two attached hydrogens (primary N) is 1. The Bertz CT molecular complexity index is 117. The van der Waals surface area contributed by atoms with Gasteiger partial charge in [0.25, 0.3) is 0 Å². The van der Waals surface area contributed by atoms with Gasteiger partial charge < -0.3 is 5.73 Å². The minimum absolute atomic E-state index is 0.173. The molecule has 0 aromatic carbocycles. The van der Waals surface area contributed by atoms with Crippen LogP contribution in [0.2, 0.25) is 0 Å². The Morgan fingerprint density at radius 2 is 2.09 bits per heavy atom. The van der Waals surface area contributed by atoms with Gasteiger partial charge in [-0.15, -0.1) is 0 Å². The van der Waals surface area contributed by atoms with Crippen LogP contribution in [0.4, 0.5) is 0 Å². The van der Waals surface area contributed by atoms with Gasteiger partial charge in [0.05, 0.1) is 0 Å². The third kappa shape index (κ3) is 5.39. The minimum atomic E-state index is -0.691. The quantitative estimate of drug-likeness (QED) is 0.621. The van der Waals surface area contributed by atoms with E-state index in [0.29, 0.717) is 6.54 Å². The fourth-order valence-electron chi connectivity index (χ4n) is 0.803. The van der Waals surface area contributed by atoms with E-state index in [-0.39, 0.29) is 5.25 Å². The molecule has 0 spiro atoms. The number of unbranched alkanes of at least 4 members (excludes halogenated alkanes) is 2. The molecule has 0 amide bonds. The normalized spacial score (nSPS) is 16.3. The van der Waals surface area contributed by atoms with E-state index in [9.17, 15) is 4.21 Å². The van der Waals surface area contributed by atoms with E-state index in [4.69, 9.17) is 5.73 Å². The first-order valence-corrected chi connectivity index (χ1v) is 5.67. The second kappa shape index (κ2) is 6.80. The first-order valence-electron chi connectivity index (χ1n) is 4.29. The Morgan fingerprint density at radius 3 is 2.55 bits per heavy atom. The molecule has 0 aliphatic carbocycles. The van der Waals surface area contributed by atoms with Crippen molar-refractivity contribution in [2.45, 2.75) is 38.4 Å². The van der Waals surface area contributed by atoms with E-state index in [1.54, 1.807) is 0 Å². The van der Waals surface area contributed by atoms with Crippen LogP contribution in [-0.2, 0) is 10.8 Å². The Balaban J connectivity index is 3.36. The molecule has 0 rings (SSSR count). The van der Waals surface area contributed by atoms with Gasteiger partial charge in [0.1, 0.15) is 0 Å². The second-order valence-corrected chi connectivity index (χ2v) is 4.81. The van der Waals surface area contributed by atoms with Gasteiger partial charge in [0.2, 0.25) is 0 Å². The molecule has 68 valence electrons. The predicted octanol–water partition coefficient (Wildman–Crippen LogP) is 1.27. The van der Waals surface area contributed by atoms with Crippen molar-refractivity contribution < 1.29 is 4.21 Å². The molecule has 0 bridgehead atoms. The smallest absolute Gasteiger partial charge is 0.0442 e. The number of hydrogen-bond acceptors (Lipinski definition) is 2. The molecule has 0 saturated heterocycles. The van der Waals surface area contributed by atoms with E-state index in [2.05, 4.69) is 6.92 Å². The van der Waals surface area contributed by atoms with Gasteiger partial charge in [-0.25, -0.2) is 0 Å². The molecule has 0 radical (unpaired) electrons.